The monoisotopic (exact) mass is 370 g/mol. The van der Waals surface area contributed by atoms with Crippen LogP contribution in [0.25, 0.3) is 33.3 Å². The third kappa shape index (κ3) is 2.55. The molecule has 0 aliphatic heterocycles. The summed E-state index contributed by atoms with van der Waals surface area (Å²) in [5.74, 6) is -1.51. The number of rotatable bonds is 2. The van der Waals surface area contributed by atoms with E-state index in [0.29, 0.717) is 35.0 Å². The van der Waals surface area contributed by atoms with Crippen molar-refractivity contribution in [3.8, 4) is 22.4 Å². The lowest BCUT2D eigenvalue weighted by Gasteiger charge is -2.22. The molecule has 0 bridgehead atoms. The standard InChI is InChI=1S/C23H15FN2O2/c24-16-3-6-20-19(12-16)21(23(27)28)18-5-2-15-11-14(13-7-9-25-10-8-13)1-4-17(15)22(18)26-20/h1,3-4,6-12H,2,5H2,(H,27,28). The zero-order chi connectivity index (χ0) is 19.3. The molecule has 0 radical (unpaired) electrons. The summed E-state index contributed by atoms with van der Waals surface area (Å²) in [6, 6.07) is 14.2. The molecule has 4 nitrogen and oxygen atoms in total. The van der Waals surface area contributed by atoms with E-state index in [-0.39, 0.29) is 5.56 Å². The number of aromatic nitrogens is 2. The van der Waals surface area contributed by atoms with Gasteiger partial charge in [-0.2, -0.15) is 0 Å². The quantitative estimate of drug-likeness (QED) is 0.545. The predicted octanol–water partition coefficient (Wildman–Crippen LogP) is 4.90. The molecule has 1 aliphatic carbocycles. The lowest BCUT2D eigenvalue weighted by atomic mass is 9.84. The molecular weight excluding hydrogens is 355 g/mol. The van der Waals surface area contributed by atoms with E-state index in [1.807, 2.05) is 24.3 Å². The van der Waals surface area contributed by atoms with Crippen molar-refractivity contribution >= 4 is 16.9 Å². The van der Waals surface area contributed by atoms with Crippen molar-refractivity contribution in [1.82, 2.24) is 9.97 Å². The lowest BCUT2D eigenvalue weighted by molar-refractivity contribution is 0.0698. The number of carboxylic acids is 1. The van der Waals surface area contributed by atoms with Gasteiger partial charge in [0.15, 0.2) is 0 Å². The van der Waals surface area contributed by atoms with Crippen molar-refractivity contribution in [2.75, 3.05) is 0 Å². The molecule has 4 aromatic rings. The van der Waals surface area contributed by atoms with Crippen LogP contribution in [0, 0.1) is 5.82 Å². The molecule has 1 aliphatic rings. The first-order valence-electron chi connectivity index (χ1n) is 9.01. The summed E-state index contributed by atoms with van der Waals surface area (Å²) in [6.07, 6.45) is 4.79. The molecular formula is C23H15FN2O2. The van der Waals surface area contributed by atoms with Gasteiger partial charge in [-0.05, 0) is 65.4 Å². The van der Waals surface area contributed by atoms with E-state index in [2.05, 4.69) is 11.1 Å². The highest BCUT2D eigenvalue weighted by molar-refractivity contribution is 6.06. The number of aromatic carboxylic acids is 1. The van der Waals surface area contributed by atoms with E-state index >= 15 is 0 Å². The zero-order valence-corrected chi connectivity index (χ0v) is 14.8. The minimum absolute atomic E-state index is 0.156. The summed E-state index contributed by atoms with van der Waals surface area (Å²) in [4.78, 5) is 20.8. The zero-order valence-electron chi connectivity index (χ0n) is 14.8. The smallest absolute Gasteiger partial charge is 0.336 e. The van der Waals surface area contributed by atoms with Gasteiger partial charge in [-0.25, -0.2) is 14.2 Å². The Kier molecular flexibility index (Phi) is 3.69. The van der Waals surface area contributed by atoms with Crippen LogP contribution < -0.4 is 0 Å². The van der Waals surface area contributed by atoms with Crippen molar-refractivity contribution in [3.63, 3.8) is 0 Å². The summed E-state index contributed by atoms with van der Waals surface area (Å²) < 4.78 is 13.7. The highest BCUT2D eigenvalue weighted by Gasteiger charge is 2.26. The van der Waals surface area contributed by atoms with Crippen LogP contribution in [0.5, 0.6) is 0 Å². The fourth-order valence-electron chi connectivity index (χ4n) is 4.00. The number of halogens is 1. The average molecular weight is 370 g/mol. The van der Waals surface area contributed by atoms with Crippen molar-refractivity contribution in [3.05, 3.63) is 83.4 Å². The maximum Gasteiger partial charge on any atom is 0.336 e. The number of fused-ring (bicyclic) bond motifs is 4. The average Bonchev–Trinajstić information content (AvgIpc) is 2.72. The molecule has 2 heterocycles. The van der Waals surface area contributed by atoms with E-state index in [9.17, 15) is 14.3 Å². The van der Waals surface area contributed by atoms with E-state index in [0.717, 1.165) is 22.3 Å². The summed E-state index contributed by atoms with van der Waals surface area (Å²) in [5, 5.41) is 10.2. The van der Waals surface area contributed by atoms with Gasteiger partial charge in [0.05, 0.1) is 16.8 Å². The molecule has 0 atom stereocenters. The van der Waals surface area contributed by atoms with Gasteiger partial charge in [-0.15, -0.1) is 0 Å². The third-order valence-electron chi connectivity index (χ3n) is 5.28. The Morgan fingerprint density at radius 3 is 2.57 bits per heavy atom. The van der Waals surface area contributed by atoms with Gasteiger partial charge < -0.3 is 5.11 Å². The topological polar surface area (TPSA) is 63.1 Å². The molecule has 1 N–H and O–H groups in total. The van der Waals surface area contributed by atoms with E-state index in [1.54, 1.807) is 12.4 Å². The Morgan fingerprint density at radius 1 is 0.964 bits per heavy atom. The van der Waals surface area contributed by atoms with Crippen LogP contribution in [0.2, 0.25) is 0 Å². The Balaban J connectivity index is 1.74. The second kappa shape index (κ2) is 6.23. The number of carboxylic acid groups (broad SMARTS) is 1. The summed E-state index contributed by atoms with van der Waals surface area (Å²) in [5.41, 5.74) is 6.24. The van der Waals surface area contributed by atoms with Crippen LogP contribution in [0.15, 0.2) is 60.9 Å². The van der Waals surface area contributed by atoms with Crippen molar-refractivity contribution in [2.45, 2.75) is 12.8 Å². The number of aryl methyl sites for hydroxylation is 1. The maximum atomic E-state index is 13.7. The van der Waals surface area contributed by atoms with Crippen LogP contribution in [-0.2, 0) is 12.8 Å². The normalized spacial score (nSPS) is 12.5. The number of pyridine rings is 2. The first-order chi connectivity index (χ1) is 13.6. The third-order valence-corrected chi connectivity index (χ3v) is 5.28. The Labute approximate surface area is 160 Å². The van der Waals surface area contributed by atoms with Crippen LogP contribution in [0.4, 0.5) is 4.39 Å². The van der Waals surface area contributed by atoms with Crippen LogP contribution in [-0.4, -0.2) is 21.0 Å². The molecule has 136 valence electrons. The second-order valence-corrected chi connectivity index (χ2v) is 6.89. The fourth-order valence-corrected chi connectivity index (χ4v) is 4.00. The van der Waals surface area contributed by atoms with Crippen LogP contribution >= 0.6 is 0 Å². The largest absolute Gasteiger partial charge is 0.478 e. The number of carbonyl (C=O) groups is 1. The highest BCUT2D eigenvalue weighted by Crippen LogP contribution is 2.38. The van der Waals surface area contributed by atoms with Gasteiger partial charge in [-0.3, -0.25) is 4.98 Å². The number of benzene rings is 2. The van der Waals surface area contributed by atoms with Gasteiger partial charge in [0, 0.05) is 23.3 Å². The Morgan fingerprint density at radius 2 is 1.79 bits per heavy atom. The second-order valence-electron chi connectivity index (χ2n) is 6.89. The number of hydrogen-bond donors (Lipinski definition) is 1. The summed E-state index contributed by atoms with van der Waals surface area (Å²) >= 11 is 0. The fraction of sp³-hybridized carbons (Fsp3) is 0.0870. The molecule has 2 aromatic carbocycles. The molecule has 28 heavy (non-hydrogen) atoms. The van der Waals surface area contributed by atoms with Gasteiger partial charge >= 0.3 is 5.97 Å². The van der Waals surface area contributed by atoms with Crippen molar-refractivity contribution in [1.29, 1.82) is 0 Å². The number of hydrogen-bond acceptors (Lipinski definition) is 3. The minimum atomic E-state index is -1.05. The molecule has 0 fully saturated rings. The highest BCUT2D eigenvalue weighted by atomic mass is 19.1. The lowest BCUT2D eigenvalue weighted by Crippen LogP contribution is -2.13. The Hall–Kier alpha value is -3.60. The van der Waals surface area contributed by atoms with E-state index < -0.39 is 11.8 Å². The summed E-state index contributed by atoms with van der Waals surface area (Å²) in [7, 11) is 0. The molecule has 0 saturated carbocycles. The molecule has 0 amide bonds. The van der Waals surface area contributed by atoms with Gasteiger partial charge in [-0.1, -0.05) is 18.2 Å². The molecule has 0 spiro atoms. The Bertz CT molecular complexity index is 1250. The minimum Gasteiger partial charge on any atom is -0.478 e. The van der Waals surface area contributed by atoms with Gasteiger partial charge in [0.1, 0.15) is 5.82 Å². The summed E-state index contributed by atoms with van der Waals surface area (Å²) in [6.45, 7) is 0. The maximum absolute atomic E-state index is 13.7. The first-order valence-corrected chi connectivity index (χ1v) is 9.01. The molecule has 5 heteroatoms. The van der Waals surface area contributed by atoms with E-state index in [1.165, 1.54) is 18.2 Å². The van der Waals surface area contributed by atoms with Crippen LogP contribution in [0.1, 0.15) is 21.5 Å². The molecule has 0 saturated heterocycles. The van der Waals surface area contributed by atoms with E-state index in [4.69, 9.17) is 4.98 Å². The SMILES string of the molecule is O=C(O)c1c2c(nc3ccc(F)cc13)-c1ccc(-c3ccncc3)cc1CC2. The molecule has 5 rings (SSSR count). The molecule has 2 aromatic heterocycles. The predicted molar refractivity (Wildman–Crippen MR) is 105 cm³/mol. The first kappa shape index (κ1) is 16.6. The molecule has 0 unspecified atom stereocenters. The van der Waals surface area contributed by atoms with Crippen molar-refractivity contribution < 1.29 is 14.3 Å². The van der Waals surface area contributed by atoms with Gasteiger partial charge in [0.25, 0.3) is 0 Å². The van der Waals surface area contributed by atoms with Crippen LogP contribution in [0.3, 0.4) is 0 Å². The van der Waals surface area contributed by atoms with Gasteiger partial charge in [0.2, 0.25) is 0 Å². The number of nitrogens with zero attached hydrogens (tertiary/aromatic N) is 2. The van der Waals surface area contributed by atoms with Crippen molar-refractivity contribution in [2.24, 2.45) is 0 Å².